The lowest BCUT2D eigenvalue weighted by Crippen LogP contribution is -1.94. The van der Waals surface area contributed by atoms with E-state index in [9.17, 15) is 4.79 Å². The Bertz CT molecular complexity index is 162. The minimum atomic E-state index is 0.180. The summed E-state index contributed by atoms with van der Waals surface area (Å²) in [4.78, 5) is 10.7. The summed E-state index contributed by atoms with van der Waals surface area (Å²) in [6.07, 6.45) is 11.8. The molecule has 12 heavy (non-hydrogen) atoms. The van der Waals surface area contributed by atoms with Crippen molar-refractivity contribution in [1.82, 2.24) is 0 Å². The van der Waals surface area contributed by atoms with Crippen molar-refractivity contribution in [2.75, 3.05) is 0 Å². The van der Waals surface area contributed by atoms with Crippen molar-refractivity contribution in [3.05, 3.63) is 12.2 Å². The topological polar surface area (TPSA) is 17.1 Å². The first-order chi connectivity index (χ1) is 5.79. The van der Waals surface area contributed by atoms with Crippen molar-refractivity contribution in [3.63, 3.8) is 0 Å². The average molecular weight is 166 g/mol. The number of carbonyl (C=O) groups is 1. The third-order valence-electron chi connectivity index (χ3n) is 2.50. The molecule has 0 radical (unpaired) electrons. The molecule has 0 saturated heterocycles. The lowest BCUT2D eigenvalue weighted by atomic mass is 10.00. The molecule has 0 atom stereocenters. The van der Waals surface area contributed by atoms with Crippen molar-refractivity contribution in [1.29, 1.82) is 0 Å². The lowest BCUT2D eigenvalue weighted by molar-refractivity contribution is -0.112. The highest BCUT2D eigenvalue weighted by atomic mass is 16.1. The summed E-state index contributed by atoms with van der Waals surface area (Å²) < 4.78 is 0. The Labute approximate surface area is 74.9 Å². The SMILES string of the molecule is CC(=O)C=CC1CCCCCC1. The highest BCUT2D eigenvalue weighted by Gasteiger charge is 2.08. The number of hydrogen-bond acceptors (Lipinski definition) is 1. The molecule has 0 heterocycles. The van der Waals surface area contributed by atoms with Gasteiger partial charge in [0.1, 0.15) is 0 Å². The molecule has 1 heteroatoms. The van der Waals surface area contributed by atoms with Crippen LogP contribution in [0, 0.1) is 5.92 Å². The van der Waals surface area contributed by atoms with Gasteiger partial charge in [-0.1, -0.05) is 31.8 Å². The molecule has 68 valence electrons. The summed E-state index contributed by atoms with van der Waals surface area (Å²) in [5.74, 6) is 0.857. The van der Waals surface area contributed by atoms with Crippen molar-refractivity contribution >= 4 is 5.78 Å². The molecule has 0 aromatic heterocycles. The molecule has 0 aromatic carbocycles. The predicted octanol–water partition coefficient (Wildman–Crippen LogP) is 3.10. The van der Waals surface area contributed by atoms with Gasteiger partial charge >= 0.3 is 0 Å². The first-order valence-corrected chi connectivity index (χ1v) is 4.98. The zero-order valence-electron chi connectivity index (χ0n) is 7.88. The molecule has 1 saturated carbocycles. The minimum Gasteiger partial charge on any atom is -0.295 e. The quantitative estimate of drug-likeness (QED) is 0.455. The molecular formula is C11H18O. The highest BCUT2D eigenvalue weighted by molar-refractivity contribution is 5.87. The molecule has 1 nitrogen and oxygen atoms in total. The molecule has 0 bridgehead atoms. The monoisotopic (exact) mass is 166 g/mol. The van der Waals surface area contributed by atoms with Crippen LogP contribution in [0.5, 0.6) is 0 Å². The fourth-order valence-electron chi connectivity index (χ4n) is 1.77. The van der Waals surface area contributed by atoms with E-state index in [-0.39, 0.29) is 5.78 Å². The van der Waals surface area contributed by atoms with E-state index in [0.717, 1.165) is 0 Å². The van der Waals surface area contributed by atoms with Crippen LogP contribution in [-0.4, -0.2) is 5.78 Å². The maximum Gasteiger partial charge on any atom is 0.152 e. The first-order valence-electron chi connectivity index (χ1n) is 4.98. The molecule has 0 unspecified atom stereocenters. The molecule has 1 aliphatic rings. The van der Waals surface area contributed by atoms with Gasteiger partial charge in [-0.05, 0) is 31.8 Å². The van der Waals surface area contributed by atoms with Crippen molar-refractivity contribution in [2.45, 2.75) is 45.4 Å². The standard InChI is InChI=1S/C11H18O/c1-10(12)8-9-11-6-4-2-3-5-7-11/h8-9,11H,2-7H2,1H3. The van der Waals surface area contributed by atoms with Crippen LogP contribution >= 0.6 is 0 Å². The molecule has 0 N–H and O–H groups in total. The Balaban J connectivity index is 2.34. The Hall–Kier alpha value is -0.590. The second-order valence-electron chi connectivity index (χ2n) is 3.72. The summed E-state index contributed by atoms with van der Waals surface area (Å²) in [6, 6.07) is 0. The largest absolute Gasteiger partial charge is 0.295 e. The molecule has 0 spiro atoms. The molecular weight excluding hydrogens is 148 g/mol. The summed E-state index contributed by atoms with van der Waals surface area (Å²) in [7, 11) is 0. The molecule has 0 aromatic rings. The van der Waals surface area contributed by atoms with E-state index in [1.165, 1.54) is 38.5 Å². The summed E-state index contributed by atoms with van der Waals surface area (Å²) in [5.41, 5.74) is 0. The zero-order chi connectivity index (χ0) is 8.81. The van der Waals surface area contributed by atoms with Crippen LogP contribution in [0.4, 0.5) is 0 Å². The summed E-state index contributed by atoms with van der Waals surface area (Å²) in [5, 5.41) is 0. The Morgan fingerprint density at radius 2 is 1.75 bits per heavy atom. The minimum absolute atomic E-state index is 0.180. The van der Waals surface area contributed by atoms with E-state index in [1.807, 2.05) is 0 Å². The number of carbonyl (C=O) groups excluding carboxylic acids is 1. The van der Waals surface area contributed by atoms with Gasteiger partial charge in [0, 0.05) is 0 Å². The van der Waals surface area contributed by atoms with Crippen LogP contribution in [0.15, 0.2) is 12.2 Å². The van der Waals surface area contributed by atoms with Crippen LogP contribution in [0.2, 0.25) is 0 Å². The maximum atomic E-state index is 10.7. The Morgan fingerprint density at radius 3 is 2.25 bits per heavy atom. The van der Waals surface area contributed by atoms with E-state index >= 15 is 0 Å². The van der Waals surface area contributed by atoms with Crippen molar-refractivity contribution < 1.29 is 4.79 Å². The van der Waals surface area contributed by atoms with Crippen LogP contribution in [0.1, 0.15) is 45.4 Å². The third-order valence-corrected chi connectivity index (χ3v) is 2.50. The number of allylic oxidation sites excluding steroid dienone is 2. The zero-order valence-corrected chi connectivity index (χ0v) is 7.88. The second kappa shape index (κ2) is 5.13. The van der Waals surface area contributed by atoms with Gasteiger partial charge in [0.05, 0.1) is 0 Å². The number of ketones is 1. The highest BCUT2D eigenvalue weighted by Crippen LogP contribution is 2.23. The first kappa shape index (κ1) is 9.50. The van der Waals surface area contributed by atoms with E-state index in [0.29, 0.717) is 5.92 Å². The average Bonchev–Trinajstić information content (AvgIpc) is 2.28. The van der Waals surface area contributed by atoms with E-state index in [1.54, 1.807) is 13.0 Å². The van der Waals surface area contributed by atoms with Crippen LogP contribution in [0.25, 0.3) is 0 Å². The van der Waals surface area contributed by atoms with Gasteiger partial charge in [0.2, 0.25) is 0 Å². The smallest absolute Gasteiger partial charge is 0.152 e. The maximum absolute atomic E-state index is 10.7. The van der Waals surface area contributed by atoms with Gasteiger partial charge in [-0.15, -0.1) is 0 Å². The van der Waals surface area contributed by atoms with Gasteiger partial charge < -0.3 is 0 Å². The number of hydrogen-bond donors (Lipinski definition) is 0. The summed E-state index contributed by atoms with van der Waals surface area (Å²) in [6.45, 7) is 1.62. The van der Waals surface area contributed by atoms with E-state index in [4.69, 9.17) is 0 Å². The third kappa shape index (κ3) is 3.70. The lowest BCUT2D eigenvalue weighted by Gasteiger charge is -2.06. The molecule has 1 rings (SSSR count). The fraction of sp³-hybridized carbons (Fsp3) is 0.727. The normalized spacial score (nSPS) is 21.1. The number of rotatable bonds is 2. The fourth-order valence-corrected chi connectivity index (χ4v) is 1.77. The summed E-state index contributed by atoms with van der Waals surface area (Å²) >= 11 is 0. The molecule has 1 fully saturated rings. The molecule has 1 aliphatic carbocycles. The van der Waals surface area contributed by atoms with Crippen LogP contribution < -0.4 is 0 Å². The van der Waals surface area contributed by atoms with Gasteiger partial charge in [-0.25, -0.2) is 0 Å². The van der Waals surface area contributed by atoms with Crippen molar-refractivity contribution in [3.8, 4) is 0 Å². The Morgan fingerprint density at radius 1 is 1.17 bits per heavy atom. The van der Waals surface area contributed by atoms with Gasteiger partial charge in [0.15, 0.2) is 5.78 Å². The Kier molecular flexibility index (Phi) is 4.06. The van der Waals surface area contributed by atoms with Gasteiger partial charge in [-0.3, -0.25) is 4.79 Å². The van der Waals surface area contributed by atoms with Crippen LogP contribution in [0.3, 0.4) is 0 Å². The van der Waals surface area contributed by atoms with Crippen molar-refractivity contribution in [2.24, 2.45) is 5.92 Å². The van der Waals surface area contributed by atoms with Crippen LogP contribution in [-0.2, 0) is 4.79 Å². The molecule has 0 amide bonds. The van der Waals surface area contributed by atoms with Gasteiger partial charge in [0.25, 0.3) is 0 Å². The molecule has 0 aliphatic heterocycles. The van der Waals surface area contributed by atoms with E-state index in [2.05, 4.69) is 6.08 Å². The predicted molar refractivity (Wildman–Crippen MR) is 51.0 cm³/mol. The van der Waals surface area contributed by atoms with E-state index < -0.39 is 0 Å². The second-order valence-corrected chi connectivity index (χ2v) is 3.72. The van der Waals surface area contributed by atoms with Gasteiger partial charge in [-0.2, -0.15) is 0 Å².